The number of esters is 1. The molecule has 0 aliphatic heterocycles. The van der Waals surface area contributed by atoms with Gasteiger partial charge in [0.1, 0.15) is 5.69 Å². The molecule has 1 aliphatic carbocycles. The highest BCUT2D eigenvalue weighted by Crippen LogP contribution is 2.35. The number of hydrogen-bond donors (Lipinski definition) is 1. The molecular formula is C21H24ClNO3. The SMILES string of the molecule is CCCCCOC(=O)c1[nH]c2c(c1C)C(=O)C[C@H](c1ccc(Cl)cc1)C2. The van der Waals surface area contributed by atoms with Crippen molar-refractivity contribution in [2.75, 3.05) is 6.61 Å². The lowest BCUT2D eigenvalue weighted by Gasteiger charge is -2.22. The first-order chi connectivity index (χ1) is 12.5. The third-order valence-corrected chi connectivity index (χ3v) is 5.27. The molecular weight excluding hydrogens is 350 g/mol. The van der Waals surface area contributed by atoms with Gasteiger partial charge in [-0.3, -0.25) is 4.79 Å². The van der Waals surface area contributed by atoms with Gasteiger partial charge in [-0.05, 0) is 48.9 Å². The number of carbonyl (C=O) groups is 2. The van der Waals surface area contributed by atoms with Crippen molar-refractivity contribution >= 4 is 23.4 Å². The van der Waals surface area contributed by atoms with Crippen molar-refractivity contribution in [2.24, 2.45) is 0 Å². The van der Waals surface area contributed by atoms with Gasteiger partial charge in [-0.2, -0.15) is 0 Å². The van der Waals surface area contributed by atoms with Crippen LogP contribution < -0.4 is 0 Å². The van der Waals surface area contributed by atoms with Crippen LogP contribution in [0, 0.1) is 6.92 Å². The molecule has 1 atom stereocenters. The Bertz CT molecular complexity index is 807. The fraction of sp³-hybridized carbons (Fsp3) is 0.429. The number of benzene rings is 1. The molecule has 1 N–H and O–H groups in total. The van der Waals surface area contributed by atoms with Crippen LogP contribution in [-0.2, 0) is 11.2 Å². The molecule has 1 aromatic carbocycles. The van der Waals surface area contributed by atoms with Gasteiger partial charge in [0.2, 0.25) is 0 Å². The Labute approximate surface area is 158 Å². The highest BCUT2D eigenvalue weighted by molar-refractivity contribution is 6.30. The topological polar surface area (TPSA) is 59.2 Å². The highest BCUT2D eigenvalue weighted by Gasteiger charge is 2.32. The first-order valence-corrected chi connectivity index (χ1v) is 9.56. The Balaban J connectivity index is 1.78. The predicted octanol–water partition coefficient (Wildman–Crippen LogP) is 5.24. The van der Waals surface area contributed by atoms with E-state index in [1.165, 1.54) is 0 Å². The maximum Gasteiger partial charge on any atom is 0.355 e. The number of halogens is 1. The van der Waals surface area contributed by atoms with Crippen LogP contribution in [0.3, 0.4) is 0 Å². The lowest BCUT2D eigenvalue weighted by molar-refractivity contribution is 0.0491. The molecule has 0 saturated carbocycles. The minimum absolute atomic E-state index is 0.0741. The van der Waals surface area contributed by atoms with E-state index in [-0.39, 0.29) is 17.7 Å². The fourth-order valence-electron chi connectivity index (χ4n) is 3.60. The second-order valence-electron chi connectivity index (χ2n) is 6.90. The standard InChI is InChI=1S/C21H24ClNO3/c1-3-4-5-10-26-21(25)20-13(2)19-17(23-20)11-15(12-18(19)24)14-6-8-16(22)9-7-14/h6-9,15,23H,3-5,10-12H2,1-2H3/t15-/m1/s1. The lowest BCUT2D eigenvalue weighted by Crippen LogP contribution is -2.18. The van der Waals surface area contributed by atoms with Crippen LogP contribution in [0.5, 0.6) is 0 Å². The summed E-state index contributed by atoms with van der Waals surface area (Å²) in [5.41, 5.74) is 3.70. The van der Waals surface area contributed by atoms with E-state index in [4.69, 9.17) is 16.3 Å². The zero-order valence-corrected chi connectivity index (χ0v) is 16.0. The van der Waals surface area contributed by atoms with Gasteiger partial charge in [-0.25, -0.2) is 4.79 Å². The molecule has 0 fully saturated rings. The first kappa shape index (κ1) is 18.7. The molecule has 4 nitrogen and oxygen atoms in total. The van der Waals surface area contributed by atoms with Gasteiger partial charge in [-0.15, -0.1) is 0 Å². The zero-order valence-electron chi connectivity index (χ0n) is 15.2. The quantitative estimate of drug-likeness (QED) is 0.556. The molecule has 3 rings (SSSR count). The van der Waals surface area contributed by atoms with Crippen molar-refractivity contribution < 1.29 is 14.3 Å². The number of hydrogen-bond acceptors (Lipinski definition) is 3. The van der Waals surface area contributed by atoms with E-state index in [0.29, 0.717) is 41.3 Å². The number of unbranched alkanes of at least 4 members (excludes halogenated alkanes) is 2. The van der Waals surface area contributed by atoms with Crippen LogP contribution in [0.1, 0.15) is 76.2 Å². The third-order valence-electron chi connectivity index (χ3n) is 5.02. The van der Waals surface area contributed by atoms with Gasteiger partial charge in [0.25, 0.3) is 0 Å². The molecule has 2 aromatic rings. The highest BCUT2D eigenvalue weighted by atomic mass is 35.5. The summed E-state index contributed by atoms with van der Waals surface area (Å²) in [5.74, 6) is -0.201. The normalized spacial score (nSPS) is 16.4. The van der Waals surface area contributed by atoms with Gasteiger partial charge >= 0.3 is 5.97 Å². The maximum absolute atomic E-state index is 12.7. The molecule has 5 heteroatoms. The summed E-state index contributed by atoms with van der Waals surface area (Å²) in [7, 11) is 0. The Kier molecular flexibility index (Phi) is 5.82. The van der Waals surface area contributed by atoms with Crippen molar-refractivity contribution in [1.29, 1.82) is 0 Å². The summed E-state index contributed by atoms with van der Waals surface area (Å²) in [5, 5.41) is 0.681. The first-order valence-electron chi connectivity index (χ1n) is 9.18. The average molecular weight is 374 g/mol. The molecule has 0 saturated heterocycles. The number of nitrogens with one attached hydrogen (secondary N) is 1. The number of rotatable bonds is 6. The van der Waals surface area contributed by atoms with Gasteiger partial charge < -0.3 is 9.72 Å². The van der Waals surface area contributed by atoms with E-state index in [1.807, 2.05) is 31.2 Å². The van der Waals surface area contributed by atoms with E-state index in [2.05, 4.69) is 11.9 Å². The van der Waals surface area contributed by atoms with Gasteiger partial charge in [-0.1, -0.05) is 43.5 Å². The Morgan fingerprint density at radius 2 is 1.96 bits per heavy atom. The van der Waals surface area contributed by atoms with Crippen molar-refractivity contribution in [1.82, 2.24) is 4.98 Å². The molecule has 0 bridgehead atoms. The van der Waals surface area contributed by atoms with Crippen LogP contribution in [0.25, 0.3) is 0 Å². The van der Waals surface area contributed by atoms with E-state index in [0.717, 1.165) is 30.5 Å². The van der Waals surface area contributed by atoms with Crippen LogP contribution in [0.2, 0.25) is 5.02 Å². The summed E-state index contributed by atoms with van der Waals surface area (Å²) in [6.45, 7) is 4.34. The van der Waals surface area contributed by atoms with Crippen molar-refractivity contribution in [3.05, 3.63) is 57.4 Å². The summed E-state index contributed by atoms with van der Waals surface area (Å²) < 4.78 is 5.35. The van der Waals surface area contributed by atoms with Gasteiger partial charge in [0.05, 0.1) is 6.61 Å². The number of ketones is 1. The summed E-state index contributed by atoms with van der Waals surface area (Å²) in [4.78, 5) is 28.2. The van der Waals surface area contributed by atoms with Crippen molar-refractivity contribution in [3.63, 3.8) is 0 Å². The molecule has 1 aromatic heterocycles. The molecule has 26 heavy (non-hydrogen) atoms. The molecule has 0 amide bonds. The fourth-order valence-corrected chi connectivity index (χ4v) is 3.72. The molecule has 0 unspecified atom stereocenters. The smallest absolute Gasteiger partial charge is 0.355 e. The number of ether oxygens (including phenoxy) is 1. The second-order valence-corrected chi connectivity index (χ2v) is 7.34. The monoisotopic (exact) mass is 373 g/mol. The number of H-pyrrole nitrogens is 1. The Hall–Kier alpha value is -2.07. The van der Waals surface area contributed by atoms with Crippen LogP contribution in [-0.4, -0.2) is 23.3 Å². The molecule has 1 heterocycles. The number of fused-ring (bicyclic) bond motifs is 1. The summed E-state index contributed by atoms with van der Waals surface area (Å²) >= 11 is 5.96. The summed E-state index contributed by atoms with van der Waals surface area (Å²) in [6, 6.07) is 7.61. The largest absolute Gasteiger partial charge is 0.461 e. The zero-order chi connectivity index (χ0) is 18.7. The van der Waals surface area contributed by atoms with E-state index in [1.54, 1.807) is 0 Å². The lowest BCUT2D eigenvalue weighted by atomic mass is 9.81. The molecule has 0 spiro atoms. The minimum Gasteiger partial charge on any atom is -0.461 e. The molecule has 0 radical (unpaired) electrons. The predicted molar refractivity (Wildman–Crippen MR) is 102 cm³/mol. The number of aromatic amines is 1. The Morgan fingerprint density at radius 1 is 1.23 bits per heavy atom. The van der Waals surface area contributed by atoms with Gasteiger partial charge in [0, 0.05) is 22.7 Å². The van der Waals surface area contributed by atoms with Crippen LogP contribution in [0.15, 0.2) is 24.3 Å². The molecule has 1 aliphatic rings. The minimum atomic E-state index is -0.371. The van der Waals surface area contributed by atoms with Gasteiger partial charge in [0.15, 0.2) is 5.78 Å². The van der Waals surface area contributed by atoms with Crippen molar-refractivity contribution in [2.45, 2.75) is 51.9 Å². The maximum atomic E-state index is 12.7. The number of Topliss-reactive ketones (excluding diaryl/α,β-unsaturated/α-hetero) is 1. The van der Waals surface area contributed by atoms with E-state index < -0.39 is 0 Å². The number of aromatic nitrogens is 1. The van der Waals surface area contributed by atoms with E-state index in [9.17, 15) is 9.59 Å². The Morgan fingerprint density at radius 3 is 2.65 bits per heavy atom. The second kappa shape index (κ2) is 8.09. The van der Waals surface area contributed by atoms with Crippen LogP contribution >= 0.6 is 11.6 Å². The summed E-state index contributed by atoms with van der Waals surface area (Å²) in [6.07, 6.45) is 4.12. The van der Waals surface area contributed by atoms with E-state index >= 15 is 0 Å². The molecule has 138 valence electrons. The number of carbonyl (C=O) groups excluding carboxylic acids is 2. The average Bonchev–Trinajstić information content (AvgIpc) is 2.96. The third kappa shape index (κ3) is 3.85. The van der Waals surface area contributed by atoms with Crippen LogP contribution in [0.4, 0.5) is 0 Å². The van der Waals surface area contributed by atoms with Crippen molar-refractivity contribution in [3.8, 4) is 0 Å².